The molecule has 244 valence electrons. The summed E-state index contributed by atoms with van der Waals surface area (Å²) in [5.41, 5.74) is 1.23. The minimum atomic E-state index is -1.15. The van der Waals surface area contributed by atoms with Crippen molar-refractivity contribution in [2.45, 2.75) is 122 Å². The molecule has 2 aromatic rings. The molecule has 4 rings (SSSR count). The summed E-state index contributed by atoms with van der Waals surface area (Å²) in [5, 5.41) is 17.7. The molecule has 3 N–H and O–H groups in total. The summed E-state index contributed by atoms with van der Waals surface area (Å²) in [6.07, 6.45) is 4.36. The molecular formula is C36H49N3O6. The first-order valence-corrected chi connectivity index (χ1v) is 16.4. The summed E-state index contributed by atoms with van der Waals surface area (Å²) in [6.45, 7) is 7.90. The lowest BCUT2D eigenvalue weighted by atomic mass is 9.77. The molecule has 1 aliphatic heterocycles. The standard InChI is InChI=1S/C36H49N3O6/c1-24(2)21-29(33(41)38-31-17-10-11-19-36(31,44)20-12-18-32(40)45-25(3)4)37-34(42)30(22-26-13-6-5-7-14-26)39-23-27-15-8-9-16-28(27)35(39)43/h5-9,13-16,24-25,29-31,44H,10-12,17-23H2,1-4H3,(H,37,42)(H,38,41). The number of esters is 1. The third-order valence-corrected chi connectivity index (χ3v) is 8.82. The van der Waals surface area contributed by atoms with Gasteiger partial charge in [0, 0.05) is 24.9 Å². The fourth-order valence-electron chi connectivity index (χ4n) is 6.54. The average molecular weight is 620 g/mol. The predicted molar refractivity (Wildman–Crippen MR) is 172 cm³/mol. The molecule has 4 unspecified atom stereocenters. The maximum atomic E-state index is 14.1. The number of benzene rings is 2. The summed E-state index contributed by atoms with van der Waals surface area (Å²) < 4.78 is 5.23. The number of ether oxygens (including phenoxy) is 1. The first kappa shape index (κ1) is 34.2. The van der Waals surface area contributed by atoms with Crippen LogP contribution in [0.25, 0.3) is 0 Å². The Bertz CT molecular complexity index is 1330. The lowest BCUT2D eigenvalue weighted by Crippen LogP contribution is -2.60. The van der Waals surface area contributed by atoms with Gasteiger partial charge in [0.1, 0.15) is 12.1 Å². The smallest absolute Gasteiger partial charge is 0.306 e. The number of rotatable bonds is 14. The highest BCUT2D eigenvalue weighted by atomic mass is 16.5. The van der Waals surface area contributed by atoms with Crippen LogP contribution in [0, 0.1) is 5.92 Å². The van der Waals surface area contributed by atoms with E-state index >= 15 is 0 Å². The van der Waals surface area contributed by atoms with Gasteiger partial charge in [-0.1, -0.05) is 75.2 Å². The van der Waals surface area contributed by atoms with Gasteiger partial charge in [0.2, 0.25) is 11.8 Å². The zero-order valence-corrected chi connectivity index (χ0v) is 27.1. The highest BCUT2D eigenvalue weighted by molar-refractivity contribution is 6.01. The van der Waals surface area contributed by atoms with Crippen molar-refractivity contribution >= 4 is 23.7 Å². The van der Waals surface area contributed by atoms with E-state index < -0.39 is 23.7 Å². The minimum Gasteiger partial charge on any atom is -0.463 e. The van der Waals surface area contributed by atoms with Crippen LogP contribution >= 0.6 is 0 Å². The van der Waals surface area contributed by atoms with Gasteiger partial charge in [0.05, 0.1) is 17.7 Å². The van der Waals surface area contributed by atoms with Gasteiger partial charge in [-0.2, -0.15) is 0 Å². The van der Waals surface area contributed by atoms with Crippen LogP contribution in [0.2, 0.25) is 0 Å². The van der Waals surface area contributed by atoms with Crippen LogP contribution < -0.4 is 10.6 Å². The Kier molecular flexibility index (Phi) is 11.8. The van der Waals surface area contributed by atoms with Crippen LogP contribution in [0.1, 0.15) is 101 Å². The number of nitrogens with one attached hydrogen (secondary N) is 2. The topological polar surface area (TPSA) is 125 Å². The van der Waals surface area contributed by atoms with Crippen molar-refractivity contribution in [1.29, 1.82) is 0 Å². The average Bonchev–Trinajstić information content (AvgIpc) is 3.32. The van der Waals surface area contributed by atoms with Crippen LogP contribution in [0.3, 0.4) is 0 Å². The van der Waals surface area contributed by atoms with Crippen molar-refractivity contribution in [2.75, 3.05) is 0 Å². The number of nitrogens with zero attached hydrogens (tertiary/aromatic N) is 1. The Hall–Kier alpha value is -3.72. The van der Waals surface area contributed by atoms with Gasteiger partial charge in [-0.25, -0.2) is 0 Å². The Morgan fingerprint density at radius 3 is 2.40 bits per heavy atom. The second kappa shape index (κ2) is 15.5. The van der Waals surface area contributed by atoms with Gasteiger partial charge in [-0.05, 0) is 69.1 Å². The predicted octanol–water partition coefficient (Wildman–Crippen LogP) is 4.70. The lowest BCUT2D eigenvalue weighted by molar-refractivity contribution is -0.148. The first-order valence-electron chi connectivity index (χ1n) is 16.4. The van der Waals surface area contributed by atoms with Gasteiger partial charge < -0.3 is 25.4 Å². The molecule has 0 saturated heterocycles. The van der Waals surface area contributed by atoms with Gasteiger partial charge in [0.25, 0.3) is 5.91 Å². The maximum absolute atomic E-state index is 14.1. The van der Waals surface area contributed by atoms with E-state index in [4.69, 9.17) is 4.74 Å². The molecule has 1 heterocycles. The zero-order valence-electron chi connectivity index (χ0n) is 27.1. The summed E-state index contributed by atoms with van der Waals surface area (Å²) >= 11 is 0. The molecule has 9 nitrogen and oxygen atoms in total. The van der Waals surface area contributed by atoms with Crippen molar-refractivity contribution < 1.29 is 29.0 Å². The van der Waals surface area contributed by atoms with Crippen LogP contribution in [-0.2, 0) is 32.1 Å². The Balaban J connectivity index is 1.48. The second-order valence-corrected chi connectivity index (χ2v) is 13.3. The van der Waals surface area contributed by atoms with E-state index in [0.717, 1.165) is 24.0 Å². The fourth-order valence-corrected chi connectivity index (χ4v) is 6.54. The number of carbonyl (C=O) groups is 4. The molecule has 0 bridgehead atoms. The van der Waals surface area contributed by atoms with E-state index in [1.165, 1.54) is 0 Å². The van der Waals surface area contributed by atoms with Crippen LogP contribution in [0.4, 0.5) is 0 Å². The van der Waals surface area contributed by atoms with Crippen molar-refractivity contribution in [2.24, 2.45) is 5.92 Å². The Labute approximate surface area is 267 Å². The largest absolute Gasteiger partial charge is 0.463 e. The third-order valence-electron chi connectivity index (χ3n) is 8.82. The summed E-state index contributed by atoms with van der Waals surface area (Å²) in [6, 6.07) is 14.8. The van der Waals surface area contributed by atoms with E-state index in [9.17, 15) is 24.3 Å². The minimum absolute atomic E-state index is 0.100. The van der Waals surface area contributed by atoms with E-state index in [1.54, 1.807) is 24.8 Å². The quantitative estimate of drug-likeness (QED) is 0.264. The van der Waals surface area contributed by atoms with Crippen LogP contribution in [0.15, 0.2) is 54.6 Å². The van der Waals surface area contributed by atoms with Gasteiger partial charge in [-0.15, -0.1) is 0 Å². The monoisotopic (exact) mass is 619 g/mol. The Morgan fingerprint density at radius 1 is 1.00 bits per heavy atom. The molecule has 2 aliphatic rings. The van der Waals surface area contributed by atoms with Gasteiger partial charge in [-0.3, -0.25) is 19.2 Å². The number of hydrogen-bond donors (Lipinski definition) is 3. The molecule has 1 saturated carbocycles. The van der Waals surface area contributed by atoms with E-state index in [2.05, 4.69) is 10.6 Å². The lowest BCUT2D eigenvalue weighted by Gasteiger charge is -2.41. The summed E-state index contributed by atoms with van der Waals surface area (Å²) in [5.74, 6) is -1.13. The van der Waals surface area contributed by atoms with Crippen LogP contribution in [-0.4, -0.2) is 63.5 Å². The van der Waals surface area contributed by atoms with Gasteiger partial charge in [0.15, 0.2) is 0 Å². The number of aliphatic hydroxyl groups is 1. The van der Waals surface area contributed by atoms with Crippen molar-refractivity contribution in [3.63, 3.8) is 0 Å². The zero-order chi connectivity index (χ0) is 32.6. The molecule has 1 fully saturated rings. The third kappa shape index (κ3) is 9.16. The Morgan fingerprint density at radius 2 is 1.71 bits per heavy atom. The highest BCUT2D eigenvalue weighted by Crippen LogP contribution is 2.33. The van der Waals surface area contributed by atoms with Crippen molar-refractivity contribution in [3.05, 3.63) is 71.3 Å². The molecule has 0 spiro atoms. The second-order valence-electron chi connectivity index (χ2n) is 13.3. The van der Waals surface area contributed by atoms with E-state index in [1.807, 2.05) is 62.4 Å². The number of hydrogen-bond acceptors (Lipinski definition) is 6. The molecule has 0 radical (unpaired) electrons. The highest BCUT2D eigenvalue weighted by Gasteiger charge is 2.42. The maximum Gasteiger partial charge on any atom is 0.306 e. The molecule has 1 aliphatic carbocycles. The SMILES string of the molecule is CC(C)CC(NC(=O)C(Cc1ccccc1)N1Cc2ccccc2C1=O)C(=O)NC1CCCCC1(O)CCCC(=O)OC(C)C. The molecule has 4 atom stereocenters. The van der Waals surface area contributed by atoms with Gasteiger partial charge >= 0.3 is 5.97 Å². The molecule has 2 aromatic carbocycles. The number of amides is 3. The number of carbonyl (C=O) groups excluding carboxylic acids is 4. The van der Waals surface area contributed by atoms with Crippen molar-refractivity contribution in [3.8, 4) is 0 Å². The normalized spacial score (nSPS) is 20.9. The molecular weight excluding hydrogens is 570 g/mol. The molecule has 3 amide bonds. The summed E-state index contributed by atoms with van der Waals surface area (Å²) in [7, 11) is 0. The van der Waals surface area contributed by atoms with E-state index in [-0.39, 0.29) is 42.1 Å². The van der Waals surface area contributed by atoms with E-state index in [0.29, 0.717) is 50.6 Å². The molecule has 0 aromatic heterocycles. The summed E-state index contributed by atoms with van der Waals surface area (Å²) in [4.78, 5) is 55.0. The first-order chi connectivity index (χ1) is 21.5. The number of fused-ring (bicyclic) bond motifs is 1. The molecule has 9 heteroatoms. The fraction of sp³-hybridized carbons (Fsp3) is 0.556. The molecule has 45 heavy (non-hydrogen) atoms. The van der Waals surface area contributed by atoms with Crippen LogP contribution in [0.5, 0.6) is 0 Å². The van der Waals surface area contributed by atoms with Crippen molar-refractivity contribution in [1.82, 2.24) is 15.5 Å².